The van der Waals surface area contributed by atoms with Gasteiger partial charge in [0.15, 0.2) is 17.3 Å². The normalized spacial score (nSPS) is 10.7. The van der Waals surface area contributed by atoms with Crippen LogP contribution >= 0.6 is 15.9 Å². The number of anilines is 1. The van der Waals surface area contributed by atoms with Crippen LogP contribution in [0, 0.1) is 0 Å². The Balaban J connectivity index is 1.61. The van der Waals surface area contributed by atoms with E-state index in [4.69, 9.17) is 13.9 Å². The molecule has 2 aromatic carbocycles. The van der Waals surface area contributed by atoms with Gasteiger partial charge in [-0.25, -0.2) is 0 Å². The molecule has 6 nitrogen and oxygen atoms in total. The van der Waals surface area contributed by atoms with Gasteiger partial charge >= 0.3 is 6.61 Å². The van der Waals surface area contributed by atoms with Gasteiger partial charge in [-0.1, -0.05) is 15.9 Å². The highest BCUT2D eigenvalue weighted by Crippen LogP contribution is 2.31. The van der Waals surface area contributed by atoms with E-state index in [1.54, 1.807) is 18.2 Å². The van der Waals surface area contributed by atoms with Gasteiger partial charge in [0.2, 0.25) is 0 Å². The van der Waals surface area contributed by atoms with Crippen molar-refractivity contribution in [1.82, 2.24) is 0 Å². The van der Waals surface area contributed by atoms with Gasteiger partial charge in [-0.05, 0) is 48.5 Å². The van der Waals surface area contributed by atoms with Crippen LogP contribution in [0.1, 0.15) is 16.3 Å². The zero-order valence-electron chi connectivity index (χ0n) is 15.2. The molecule has 1 N–H and O–H groups in total. The summed E-state index contributed by atoms with van der Waals surface area (Å²) in [5.41, 5.74) is 0.331. The molecule has 0 bridgehead atoms. The number of benzene rings is 2. The molecule has 0 saturated carbocycles. The molecule has 1 aromatic heterocycles. The Kier molecular flexibility index (Phi) is 6.71. The van der Waals surface area contributed by atoms with Gasteiger partial charge < -0.3 is 23.9 Å². The molecule has 0 fully saturated rings. The Morgan fingerprint density at radius 2 is 1.86 bits per heavy atom. The highest BCUT2D eigenvalue weighted by atomic mass is 79.9. The summed E-state index contributed by atoms with van der Waals surface area (Å²) in [6.45, 7) is -2.83. The van der Waals surface area contributed by atoms with Gasteiger partial charge in [0, 0.05) is 16.2 Å². The topological polar surface area (TPSA) is 69.9 Å². The van der Waals surface area contributed by atoms with E-state index in [1.165, 1.54) is 31.4 Å². The lowest BCUT2D eigenvalue weighted by molar-refractivity contribution is -0.0512. The van der Waals surface area contributed by atoms with Crippen molar-refractivity contribution in [3.63, 3.8) is 0 Å². The molecular weight excluding hydrogens is 452 g/mol. The molecule has 0 aliphatic carbocycles. The van der Waals surface area contributed by atoms with E-state index in [2.05, 4.69) is 26.0 Å². The molecule has 0 unspecified atom stereocenters. The minimum atomic E-state index is -2.98. The second kappa shape index (κ2) is 9.42. The monoisotopic (exact) mass is 467 g/mol. The van der Waals surface area contributed by atoms with Gasteiger partial charge in [0.1, 0.15) is 18.1 Å². The fourth-order valence-corrected chi connectivity index (χ4v) is 2.66. The van der Waals surface area contributed by atoms with Crippen LogP contribution in [0.5, 0.6) is 17.2 Å². The third-order valence-electron chi connectivity index (χ3n) is 3.72. The molecule has 3 rings (SSSR count). The molecule has 29 heavy (non-hydrogen) atoms. The quantitative estimate of drug-likeness (QED) is 0.474. The van der Waals surface area contributed by atoms with Crippen molar-refractivity contribution < 1.29 is 32.2 Å². The lowest BCUT2D eigenvalue weighted by Crippen LogP contribution is -2.11. The summed E-state index contributed by atoms with van der Waals surface area (Å²) in [5.74, 6) is 0.623. The third-order valence-corrected chi connectivity index (χ3v) is 4.25. The van der Waals surface area contributed by atoms with Crippen LogP contribution in [0.4, 0.5) is 14.5 Å². The molecular formula is C20H16BrF2NO5. The predicted octanol–water partition coefficient (Wildman–Crippen LogP) is 5.48. The number of rotatable bonds is 8. The van der Waals surface area contributed by atoms with E-state index in [9.17, 15) is 13.6 Å². The molecule has 0 aliphatic rings. The minimum Gasteiger partial charge on any atom is -0.493 e. The smallest absolute Gasteiger partial charge is 0.387 e. The van der Waals surface area contributed by atoms with Crippen LogP contribution < -0.4 is 19.5 Å². The molecule has 1 amide bonds. The highest BCUT2D eigenvalue weighted by Gasteiger charge is 2.15. The molecule has 0 aliphatic heterocycles. The average molecular weight is 468 g/mol. The van der Waals surface area contributed by atoms with Gasteiger partial charge in [0.25, 0.3) is 5.91 Å². The van der Waals surface area contributed by atoms with Crippen molar-refractivity contribution in [2.45, 2.75) is 13.2 Å². The molecule has 0 radical (unpaired) electrons. The molecule has 9 heteroatoms. The van der Waals surface area contributed by atoms with E-state index in [-0.39, 0.29) is 23.9 Å². The van der Waals surface area contributed by atoms with E-state index in [1.807, 2.05) is 12.1 Å². The number of alkyl halides is 2. The van der Waals surface area contributed by atoms with Crippen molar-refractivity contribution in [2.75, 3.05) is 12.4 Å². The Morgan fingerprint density at radius 1 is 1.10 bits per heavy atom. The maximum Gasteiger partial charge on any atom is 0.387 e. The first kappa shape index (κ1) is 20.7. The SMILES string of the molecule is COc1cc(NC(=O)c2ccc(COc3ccc(Br)cc3)o2)ccc1OC(F)F. The summed E-state index contributed by atoms with van der Waals surface area (Å²) >= 11 is 3.34. The number of carbonyl (C=O) groups excluding carboxylic acids is 1. The first-order chi connectivity index (χ1) is 13.9. The lowest BCUT2D eigenvalue weighted by atomic mass is 10.2. The zero-order chi connectivity index (χ0) is 20.8. The van der Waals surface area contributed by atoms with Gasteiger partial charge in [-0.15, -0.1) is 0 Å². The lowest BCUT2D eigenvalue weighted by Gasteiger charge is -2.11. The van der Waals surface area contributed by atoms with E-state index in [0.717, 1.165) is 4.47 Å². The summed E-state index contributed by atoms with van der Waals surface area (Å²) in [7, 11) is 1.31. The summed E-state index contributed by atoms with van der Waals surface area (Å²) in [6.07, 6.45) is 0. The van der Waals surface area contributed by atoms with Crippen LogP contribution in [-0.4, -0.2) is 19.6 Å². The number of hydrogen-bond acceptors (Lipinski definition) is 5. The van der Waals surface area contributed by atoms with E-state index < -0.39 is 12.5 Å². The van der Waals surface area contributed by atoms with Crippen LogP contribution in [-0.2, 0) is 6.61 Å². The second-order valence-electron chi connectivity index (χ2n) is 5.71. The Labute approximate surface area is 173 Å². The highest BCUT2D eigenvalue weighted by molar-refractivity contribution is 9.10. The third kappa shape index (κ3) is 5.71. The van der Waals surface area contributed by atoms with Crippen LogP contribution in [0.2, 0.25) is 0 Å². The minimum absolute atomic E-state index is 0.0612. The number of methoxy groups -OCH3 is 1. The van der Waals surface area contributed by atoms with Crippen molar-refractivity contribution in [3.05, 3.63) is 70.6 Å². The van der Waals surface area contributed by atoms with Crippen molar-refractivity contribution in [2.24, 2.45) is 0 Å². The predicted molar refractivity (Wildman–Crippen MR) is 105 cm³/mol. The van der Waals surface area contributed by atoms with Crippen molar-refractivity contribution >= 4 is 27.5 Å². The van der Waals surface area contributed by atoms with Gasteiger partial charge in [-0.2, -0.15) is 8.78 Å². The van der Waals surface area contributed by atoms with Crippen molar-refractivity contribution in [1.29, 1.82) is 0 Å². The molecule has 0 saturated heterocycles. The van der Waals surface area contributed by atoms with Crippen LogP contribution in [0.3, 0.4) is 0 Å². The van der Waals surface area contributed by atoms with Crippen LogP contribution in [0.15, 0.2) is 63.5 Å². The largest absolute Gasteiger partial charge is 0.493 e. The molecule has 0 spiro atoms. The number of hydrogen-bond donors (Lipinski definition) is 1. The number of halogens is 3. The number of ether oxygens (including phenoxy) is 3. The number of amides is 1. The molecule has 3 aromatic rings. The van der Waals surface area contributed by atoms with E-state index in [0.29, 0.717) is 17.2 Å². The first-order valence-electron chi connectivity index (χ1n) is 8.36. The summed E-state index contributed by atoms with van der Waals surface area (Å²) < 4.78 is 46.2. The molecule has 152 valence electrons. The zero-order valence-corrected chi connectivity index (χ0v) is 16.7. The standard InChI is InChI=1S/C20H16BrF2NO5/c1-26-18-10-13(4-8-16(18)29-20(22)23)24-19(25)17-9-7-15(28-17)11-27-14-5-2-12(21)3-6-14/h2-10,20H,11H2,1H3,(H,24,25). The maximum atomic E-state index is 12.4. The Hall–Kier alpha value is -3.07. The Bertz CT molecular complexity index is 975. The summed E-state index contributed by atoms with van der Waals surface area (Å²) in [5, 5.41) is 2.61. The summed E-state index contributed by atoms with van der Waals surface area (Å²) in [6, 6.07) is 14.5. The Morgan fingerprint density at radius 3 is 2.55 bits per heavy atom. The number of furan rings is 1. The van der Waals surface area contributed by atoms with Gasteiger partial charge in [0.05, 0.1) is 7.11 Å². The molecule has 1 heterocycles. The number of carbonyl (C=O) groups is 1. The first-order valence-corrected chi connectivity index (χ1v) is 9.15. The average Bonchev–Trinajstić information content (AvgIpc) is 3.17. The van der Waals surface area contributed by atoms with Gasteiger partial charge in [-0.3, -0.25) is 4.79 Å². The maximum absolute atomic E-state index is 12.4. The van der Waals surface area contributed by atoms with Crippen LogP contribution in [0.25, 0.3) is 0 Å². The second-order valence-corrected chi connectivity index (χ2v) is 6.62. The van der Waals surface area contributed by atoms with Crippen molar-refractivity contribution in [3.8, 4) is 17.2 Å². The summed E-state index contributed by atoms with van der Waals surface area (Å²) in [4.78, 5) is 12.4. The number of nitrogens with one attached hydrogen (secondary N) is 1. The fourth-order valence-electron chi connectivity index (χ4n) is 2.39. The molecule has 0 atom stereocenters. The van der Waals surface area contributed by atoms with E-state index >= 15 is 0 Å². The fraction of sp³-hybridized carbons (Fsp3) is 0.150.